The summed E-state index contributed by atoms with van der Waals surface area (Å²) in [6.07, 6.45) is 6.34. The van der Waals surface area contributed by atoms with Crippen LogP contribution in [0.3, 0.4) is 0 Å². The highest BCUT2D eigenvalue weighted by atomic mass is 16.5. The molecule has 2 rings (SSSR count). The van der Waals surface area contributed by atoms with Crippen LogP contribution in [0, 0.1) is 0 Å². The predicted molar refractivity (Wildman–Crippen MR) is 77.4 cm³/mol. The molecule has 5 nitrogen and oxygen atoms in total. The van der Waals surface area contributed by atoms with Crippen LogP contribution in [-0.4, -0.2) is 55.4 Å². The van der Waals surface area contributed by atoms with E-state index in [0.717, 1.165) is 25.7 Å². The molecule has 0 aromatic heterocycles. The Balaban J connectivity index is 1.93. The van der Waals surface area contributed by atoms with Crippen LogP contribution < -0.4 is 5.73 Å². The number of morpholine rings is 1. The molecular weight excluding hydrogens is 256 g/mol. The zero-order valence-corrected chi connectivity index (χ0v) is 12.6. The molecule has 1 saturated heterocycles. The summed E-state index contributed by atoms with van der Waals surface area (Å²) in [7, 11) is 0. The van der Waals surface area contributed by atoms with Gasteiger partial charge in [-0.25, -0.2) is 0 Å². The highest BCUT2D eigenvalue weighted by Crippen LogP contribution is 2.31. The first-order valence-electron chi connectivity index (χ1n) is 7.91. The SMILES string of the molecule is CC(OC1(CN)CCCCCC1)C(=O)N1CCOCC1. The van der Waals surface area contributed by atoms with Crippen LogP contribution in [0.25, 0.3) is 0 Å². The minimum atomic E-state index is -0.408. The smallest absolute Gasteiger partial charge is 0.251 e. The number of ether oxygens (including phenoxy) is 2. The van der Waals surface area contributed by atoms with Crippen molar-refractivity contribution in [2.24, 2.45) is 5.73 Å². The van der Waals surface area contributed by atoms with E-state index in [4.69, 9.17) is 15.2 Å². The maximum atomic E-state index is 12.4. The third kappa shape index (κ3) is 3.93. The molecule has 0 radical (unpaired) electrons. The fourth-order valence-electron chi connectivity index (χ4n) is 3.21. The summed E-state index contributed by atoms with van der Waals surface area (Å²) < 4.78 is 11.4. The van der Waals surface area contributed by atoms with Crippen LogP contribution in [0.2, 0.25) is 0 Å². The molecule has 2 aliphatic rings. The van der Waals surface area contributed by atoms with Crippen molar-refractivity contribution in [1.29, 1.82) is 0 Å². The molecule has 116 valence electrons. The van der Waals surface area contributed by atoms with Crippen molar-refractivity contribution in [3.63, 3.8) is 0 Å². The lowest BCUT2D eigenvalue weighted by Crippen LogP contribution is -2.50. The number of carbonyl (C=O) groups is 1. The Morgan fingerprint density at radius 2 is 1.85 bits per heavy atom. The van der Waals surface area contributed by atoms with Gasteiger partial charge in [-0.2, -0.15) is 0 Å². The molecule has 1 amide bonds. The summed E-state index contributed by atoms with van der Waals surface area (Å²) in [4.78, 5) is 14.3. The van der Waals surface area contributed by atoms with E-state index in [1.807, 2.05) is 11.8 Å². The van der Waals surface area contributed by atoms with Crippen LogP contribution in [0.4, 0.5) is 0 Å². The van der Waals surface area contributed by atoms with Gasteiger partial charge in [0.1, 0.15) is 6.10 Å². The zero-order valence-electron chi connectivity index (χ0n) is 12.6. The van der Waals surface area contributed by atoms with E-state index in [1.165, 1.54) is 12.8 Å². The fraction of sp³-hybridized carbons (Fsp3) is 0.933. The second kappa shape index (κ2) is 7.38. The van der Waals surface area contributed by atoms with Gasteiger partial charge in [-0.1, -0.05) is 25.7 Å². The summed E-state index contributed by atoms with van der Waals surface area (Å²) in [6.45, 7) is 4.96. The van der Waals surface area contributed by atoms with Gasteiger partial charge < -0.3 is 20.1 Å². The molecule has 2 fully saturated rings. The number of amides is 1. The average Bonchev–Trinajstić information content (AvgIpc) is 2.73. The Hall–Kier alpha value is -0.650. The van der Waals surface area contributed by atoms with E-state index in [2.05, 4.69) is 0 Å². The molecule has 0 bridgehead atoms. The number of hydrogen-bond donors (Lipinski definition) is 1. The van der Waals surface area contributed by atoms with Gasteiger partial charge in [-0.3, -0.25) is 4.79 Å². The van der Waals surface area contributed by atoms with Gasteiger partial charge in [-0.15, -0.1) is 0 Å². The molecule has 1 aliphatic heterocycles. The van der Waals surface area contributed by atoms with E-state index >= 15 is 0 Å². The van der Waals surface area contributed by atoms with Crippen molar-refractivity contribution in [3.8, 4) is 0 Å². The van der Waals surface area contributed by atoms with E-state index in [9.17, 15) is 4.79 Å². The first-order chi connectivity index (χ1) is 9.67. The van der Waals surface area contributed by atoms with Crippen molar-refractivity contribution < 1.29 is 14.3 Å². The lowest BCUT2D eigenvalue weighted by Gasteiger charge is -2.36. The topological polar surface area (TPSA) is 64.8 Å². The van der Waals surface area contributed by atoms with E-state index < -0.39 is 6.10 Å². The number of carbonyl (C=O) groups excluding carboxylic acids is 1. The molecule has 0 spiro atoms. The summed E-state index contributed by atoms with van der Waals surface area (Å²) >= 11 is 0. The second-order valence-corrected chi connectivity index (χ2v) is 6.00. The maximum Gasteiger partial charge on any atom is 0.251 e. The Bertz CT molecular complexity index is 308. The third-order valence-corrected chi connectivity index (χ3v) is 4.48. The van der Waals surface area contributed by atoms with E-state index in [-0.39, 0.29) is 11.5 Å². The lowest BCUT2D eigenvalue weighted by molar-refractivity contribution is -0.160. The molecule has 1 atom stereocenters. The minimum Gasteiger partial charge on any atom is -0.378 e. The van der Waals surface area contributed by atoms with Gasteiger partial charge in [0.25, 0.3) is 5.91 Å². The van der Waals surface area contributed by atoms with Crippen molar-refractivity contribution in [2.45, 2.75) is 57.2 Å². The Labute approximate surface area is 121 Å². The van der Waals surface area contributed by atoms with Gasteiger partial charge in [0.2, 0.25) is 0 Å². The predicted octanol–water partition coefficient (Wildman–Crippen LogP) is 1.30. The van der Waals surface area contributed by atoms with Crippen molar-refractivity contribution in [3.05, 3.63) is 0 Å². The van der Waals surface area contributed by atoms with Crippen LogP contribution in [0.5, 0.6) is 0 Å². The van der Waals surface area contributed by atoms with Crippen molar-refractivity contribution >= 4 is 5.91 Å². The summed E-state index contributed by atoms with van der Waals surface area (Å²) in [5.74, 6) is 0.0744. The van der Waals surface area contributed by atoms with Crippen molar-refractivity contribution in [2.75, 3.05) is 32.8 Å². The van der Waals surface area contributed by atoms with Gasteiger partial charge in [0.15, 0.2) is 0 Å². The number of nitrogens with two attached hydrogens (primary N) is 1. The molecule has 0 aromatic rings. The Morgan fingerprint density at radius 3 is 2.40 bits per heavy atom. The average molecular weight is 284 g/mol. The standard InChI is InChI=1S/C15H28N2O3/c1-13(14(18)17-8-10-19-11-9-17)20-15(12-16)6-4-2-3-5-7-15/h13H,2-12,16H2,1H3. The normalized spacial score (nSPS) is 25.0. The number of hydrogen-bond acceptors (Lipinski definition) is 4. The largest absolute Gasteiger partial charge is 0.378 e. The summed E-state index contributed by atoms with van der Waals surface area (Å²) in [5, 5.41) is 0. The van der Waals surface area contributed by atoms with E-state index in [0.29, 0.717) is 32.8 Å². The summed E-state index contributed by atoms with van der Waals surface area (Å²) in [6, 6.07) is 0. The first kappa shape index (κ1) is 15.7. The monoisotopic (exact) mass is 284 g/mol. The number of nitrogens with zero attached hydrogens (tertiary/aromatic N) is 1. The highest BCUT2D eigenvalue weighted by Gasteiger charge is 2.35. The number of rotatable bonds is 4. The molecule has 1 unspecified atom stereocenters. The Kier molecular flexibility index (Phi) is 5.81. The van der Waals surface area contributed by atoms with Crippen LogP contribution in [0.15, 0.2) is 0 Å². The molecule has 5 heteroatoms. The van der Waals surface area contributed by atoms with E-state index in [1.54, 1.807) is 0 Å². The van der Waals surface area contributed by atoms with Crippen LogP contribution in [-0.2, 0) is 14.3 Å². The minimum absolute atomic E-state index is 0.0744. The fourth-order valence-corrected chi connectivity index (χ4v) is 3.21. The Morgan fingerprint density at radius 1 is 1.25 bits per heavy atom. The van der Waals surface area contributed by atoms with Crippen LogP contribution in [0.1, 0.15) is 45.4 Å². The second-order valence-electron chi connectivity index (χ2n) is 6.00. The zero-order chi connectivity index (χ0) is 14.4. The molecule has 20 heavy (non-hydrogen) atoms. The molecule has 0 aromatic carbocycles. The van der Waals surface area contributed by atoms with Gasteiger partial charge in [0.05, 0.1) is 18.8 Å². The molecule has 2 N–H and O–H groups in total. The highest BCUT2D eigenvalue weighted by molar-refractivity contribution is 5.80. The molecule has 1 saturated carbocycles. The third-order valence-electron chi connectivity index (χ3n) is 4.48. The lowest BCUT2D eigenvalue weighted by atomic mass is 9.94. The summed E-state index contributed by atoms with van der Waals surface area (Å²) in [5.41, 5.74) is 5.67. The molecule has 1 heterocycles. The van der Waals surface area contributed by atoms with Gasteiger partial charge >= 0.3 is 0 Å². The van der Waals surface area contributed by atoms with Gasteiger partial charge in [-0.05, 0) is 19.8 Å². The molecule has 1 aliphatic carbocycles. The molecular formula is C15H28N2O3. The van der Waals surface area contributed by atoms with Crippen molar-refractivity contribution in [1.82, 2.24) is 4.90 Å². The maximum absolute atomic E-state index is 12.4. The van der Waals surface area contributed by atoms with Gasteiger partial charge in [0, 0.05) is 19.6 Å². The van der Waals surface area contributed by atoms with Crippen LogP contribution >= 0.6 is 0 Å². The quantitative estimate of drug-likeness (QED) is 0.790. The first-order valence-corrected chi connectivity index (χ1v) is 7.91.